The lowest BCUT2D eigenvalue weighted by Gasteiger charge is -2.08. The van der Waals surface area contributed by atoms with Crippen molar-refractivity contribution in [1.82, 2.24) is 10.2 Å². The third-order valence-electron chi connectivity index (χ3n) is 2.14. The first-order valence-electron chi connectivity index (χ1n) is 4.84. The molecule has 1 aliphatic heterocycles. The molecule has 0 amide bonds. The highest BCUT2D eigenvalue weighted by Gasteiger charge is 2.30. The molecule has 0 aromatic carbocycles. The Bertz CT molecular complexity index is 485. The van der Waals surface area contributed by atoms with E-state index in [1.807, 2.05) is 0 Å². The van der Waals surface area contributed by atoms with Gasteiger partial charge in [0.1, 0.15) is 11.6 Å². The van der Waals surface area contributed by atoms with Crippen molar-refractivity contribution in [3.05, 3.63) is 5.51 Å². The van der Waals surface area contributed by atoms with Crippen LogP contribution in [0.2, 0.25) is 0 Å². The highest BCUT2D eigenvalue weighted by molar-refractivity contribution is 8.01. The van der Waals surface area contributed by atoms with Crippen molar-refractivity contribution in [1.29, 1.82) is 0 Å². The van der Waals surface area contributed by atoms with E-state index in [2.05, 4.69) is 10.2 Å². The highest BCUT2D eigenvalue weighted by atomic mass is 32.2. The Balaban J connectivity index is 1.75. The lowest BCUT2D eigenvalue weighted by Crippen LogP contribution is -2.20. The summed E-state index contributed by atoms with van der Waals surface area (Å²) >= 11 is 2.58. The van der Waals surface area contributed by atoms with Crippen LogP contribution in [0.15, 0.2) is 9.85 Å². The van der Waals surface area contributed by atoms with Crippen molar-refractivity contribution in [2.24, 2.45) is 0 Å². The fourth-order valence-electron chi connectivity index (χ4n) is 1.42. The normalized spacial score (nSPS) is 22.5. The predicted molar refractivity (Wildman–Crippen MR) is 63.8 cm³/mol. The molecule has 0 aliphatic carbocycles. The Morgan fingerprint density at radius 3 is 3.06 bits per heavy atom. The first-order chi connectivity index (χ1) is 8.05. The predicted octanol–water partition coefficient (Wildman–Crippen LogP) is 0.361. The SMILES string of the molecule is O=C(CSc1nncs1)O[C@@H]1CCS(=O)(=O)C1. The molecule has 2 rings (SSSR count). The van der Waals surface area contributed by atoms with Gasteiger partial charge in [-0.25, -0.2) is 8.42 Å². The van der Waals surface area contributed by atoms with E-state index in [4.69, 9.17) is 4.74 Å². The van der Waals surface area contributed by atoms with Crippen molar-refractivity contribution < 1.29 is 17.9 Å². The fourth-order valence-corrected chi connectivity index (χ4v) is 4.28. The third kappa shape index (κ3) is 3.93. The molecule has 1 fully saturated rings. The molecule has 0 radical (unpaired) electrons. The van der Waals surface area contributed by atoms with Gasteiger partial charge in [-0.1, -0.05) is 23.1 Å². The molecule has 0 saturated carbocycles. The van der Waals surface area contributed by atoms with Crippen LogP contribution in [0.3, 0.4) is 0 Å². The van der Waals surface area contributed by atoms with Crippen LogP contribution in [0.25, 0.3) is 0 Å². The number of thioether (sulfide) groups is 1. The van der Waals surface area contributed by atoms with Crippen LogP contribution in [0.5, 0.6) is 0 Å². The molecule has 1 saturated heterocycles. The minimum Gasteiger partial charge on any atom is -0.461 e. The Hall–Kier alpha value is -0.670. The minimum atomic E-state index is -3.00. The van der Waals surface area contributed by atoms with Crippen molar-refractivity contribution in [2.45, 2.75) is 16.9 Å². The number of hydrogen-bond acceptors (Lipinski definition) is 8. The van der Waals surface area contributed by atoms with Crippen LogP contribution >= 0.6 is 23.1 Å². The highest BCUT2D eigenvalue weighted by Crippen LogP contribution is 2.20. The standard InChI is InChI=1S/C8H10N2O4S3/c11-7(3-15-8-10-9-5-16-8)14-6-1-2-17(12,13)4-6/h5-6H,1-4H2/t6-/m1/s1. The summed E-state index contributed by atoms with van der Waals surface area (Å²) in [5.74, 6) is -0.227. The first-order valence-corrected chi connectivity index (χ1v) is 8.53. The smallest absolute Gasteiger partial charge is 0.316 e. The van der Waals surface area contributed by atoms with E-state index in [9.17, 15) is 13.2 Å². The second kappa shape index (κ2) is 5.32. The molecule has 0 N–H and O–H groups in total. The van der Waals surface area contributed by atoms with Crippen LogP contribution in [0.4, 0.5) is 0 Å². The maximum Gasteiger partial charge on any atom is 0.316 e. The molecular formula is C8H10N2O4S3. The Kier molecular flexibility index (Phi) is 4.00. The number of sulfone groups is 1. The van der Waals surface area contributed by atoms with E-state index in [1.54, 1.807) is 5.51 Å². The molecule has 9 heteroatoms. The quantitative estimate of drug-likeness (QED) is 0.585. The zero-order valence-corrected chi connectivity index (χ0v) is 11.2. The van der Waals surface area contributed by atoms with Gasteiger partial charge >= 0.3 is 5.97 Å². The maximum absolute atomic E-state index is 11.4. The molecular weight excluding hydrogens is 284 g/mol. The molecule has 1 aliphatic rings. The Morgan fingerprint density at radius 2 is 2.47 bits per heavy atom. The summed E-state index contributed by atoms with van der Waals surface area (Å²) in [5.41, 5.74) is 1.58. The summed E-state index contributed by atoms with van der Waals surface area (Å²) in [4.78, 5) is 11.4. The molecule has 0 spiro atoms. The number of carbonyl (C=O) groups is 1. The van der Waals surface area contributed by atoms with E-state index in [0.29, 0.717) is 10.8 Å². The number of aromatic nitrogens is 2. The van der Waals surface area contributed by atoms with Gasteiger partial charge in [0.15, 0.2) is 14.2 Å². The molecule has 1 atom stereocenters. The van der Waals surface area contributed by atoms with Gasteiger partial charge in [0.2, 0.25) is 0 Å². The van der Waals surface area contributed by atoms with Crippen molar-refractivity contribution in [3.8, 4) is 0 Å². The fraction of sp³-hybridized carbons (Fsp3) is 0.625. The zero-order chi connectivity index (χ0) is 12.3. The van der Waals surface area contributed by atoms with E-state index < -0.39 is 21.9 Å². The largest absolute Gasteiger partial charge is 0.461 e. The van der Waals surface area contributed by atoms with Crippen LogP contribution in [-0.2, 0) is 19.4 Å². The number of hydrogen-bond donors (Lipinski definition) is 0. The summed E-state index contributed by atoms with van der Waals surface area (Å²) in [7, 11) is -3.00. The molecule has 1 aromatic heterocycles. The van der Waals surface area contributed by atoms with Crippen LogP contribution < -0.4 is 0 Å². The molecule has 94 valence electrons. The minimum absolute atomic E-state index is 0.0534. The van der Waals surface area contributed by atoms with Crippen molar-refractivity contribution in [3.63, 3.8) is 0 Å². The zero-order valence-electron chi connectivity index (χ0n) is 8.74. The van der Waals surface area contributed by atoms with Gasteiger partial charge in [0, 0.05) is 0 Å². The molecule has 17 heavy (non-hydrogen) atoms. The lowest BCUT2D eigenvalue weighted by atomic mass is 10.3. The van der Waals surface area contributed by atoms with Gasteiger partial charge in [-0.2, -0.15) is 0 Å². The Morgan fingerprint density at radius 1 is 1.65 bits per heavy atom. The van der Waals surface area contributed by atoms with Gasteiger partial charge in [0.25, 0.3) is 0 Å². The third-order valence-corrected chi connectivity index (χ3v) is 5.71. The van der Waals surface area contributed by atoms with Crippen molar-refractivity contribution in [2.75, 3.05) is 17.3 Å². The van der Waals surface area contributed by atoms with Gasteiger partial charge in [-0.05, 0) is 6.42 Å². The summed E-state index contributed by atoms with van der Waals surface area (Å²) in [6, 6.07) is 0. The molecule has 1 aromatic rings. The molecule has 0 unspecified atom stereocenters. The molecule has 2 heterocycles. The first kappa shape index (κ1) is 12.8. The van der Waals surface area contributed by atoms with E-state index in [0.717, 1.165) is 0 Å². The van der Waals surface area contributed by atoms with Crippen LogP contribution in [0, 0.1) is 0 Å². The lowest BCUT2D eigenvalue weighted by molar-refractivity contribution is -0.144. The Labute approximate surface area is 107 Å². The summed E-state index contributed by atoms with van der Waals surface area (Å²) in [5, 5.41) is 7.41. The molecule has 6 nitrogen and oxygen atoms in total. The van der Waals surface area contributed by atoms with Crippen LogP contribution in [-0.4, -0.2) is 47.9 Å². The molecule has 0 bridgehead atoms. The number of esters is 1. The van der Waals surface area contributed by atoms with Crippen molar-refractivity contribution >= 4 is 38.9 Å². The average Bonchev–Trinajstić information content (AvgIpc) is 2.85. The van der Waals surface area contributed by atoms with Gasteiger partial charge < -0.3 is 4.74 Å². The van der Waals surface area contributed by atoms with Crippen LogP contribution in [0.1, 0.15) is 6.42 Å². The maximum atomic E-state index is 11.4. The average molecular weight is 294 g/mol. The van der Waals surface area contributed by atoms with E-state index >= 15 is 0 Å². The summed E-state index contributed by atoms with van der Waals surface area (Å²) < 4.78 is 28.1. The second-order valence-electron chi connectivity index (χ2n) is 3.51. The number of rotatable bonds is 4. The number of carbonyl (C=O) groups excluding carboxylic acids is 1. The van der Waals surface area contributed by atoms with Gasteiger partial charge in [0.05, 0.1) is 17.3 Å². The summed E-state index contributed by atoms with van der Waals surface area (Å²) in [6.07, 6.45) is -0.0834. The second-order valence-corrected chi connectivity index (χ2v) is 7.79. The number of ether oxygens (including phenoxy) is 1. The topological polar surface area (TPSA) is 86.2 Å². The van der Waals surface area contributed by atoms with Gasteiger partial charge in [-0.15, -0.1) is 10.2 Å². The monoisotopic (exact) mass is 294 g/mol. The van der Waals surface area contributed by atoms with E-state index in [1.165, 1.54) is 23.1 Å². The van der Waals surface area contributed by atoms with E-state index in [-0.39, 0.29) is 17.3 Å². The summed E-state index contributed by atoms with van der Waals surface area (Å²) in [6.45, 7) is 0. The van der Waals surface area contributed by atoms with Gasteiger partial charge in [-0.3, -0.25) is 4.79 Å². The number of nitrogens with zero attached hydrogens (tertiary/aromatic N) is 2.